The average molecular weight is 647 g/mol. The number of aliphatic hydroxyl groups is 2. The number of anilines is 2. The average Bonchev–Trinajstić information content (AvgIpc) is 3.62. The van der Waals surface area contributed by atoms with Gasteiger partial charge >= 0.3 is 0 Å². The lowest BCUT2D eigenvalue weighted by Crippen LogP contribution is -2.33. The van der Waals surface area contributed by atoms with E-state index in [1.54, 1.807) is 11.6 Å². The first-order valence-corrected chi connectivity index (χ1v) is 13.9. The van der Waals surface area contributed by atoms with Gasteiger partial charge in [-0.15, -0.1) is 10.2 Å². The second-order valence-electron chi connectivity index (χ2n) is 10.0. The Morgan fingerprint density at radius 1 is 1.15 bits per heavy atom. The van der Waals surface area contributed by atoms with Gasteiger partial charge in [-0.05, 0) is 71.2 Å². The molecular formula is C24H30IN11O3. The van der Waals surface area contributed by atoms with Crippen molar-refractivity contribution in [3.8, 4) is 0 Å². The predicted molar refractivity (Wildman–Crippen MR) is 149 cm³/mol. The highest BCUT2D eigenvalue weighted by atomic mass is 127. The molecule has 2 aliphatic rings. The lowest BCUT2D eigenvalue weighted by molar-refractivity contribution is -0.0384. The number of nitrogens with two attached hydrogens (primary N) is 1. The second-order valence-corrected chi connectivity index (χ2v) is 11.3. The van der Waals surface area contributed by atoms with Crippen LogP contribution in [0.4, 0.5) is 11.8 Å². The third-order valence-corrected chi connectivity index (χ3v) is 7.84. The van der Waals surface area contributed by atoms with Gasteiger partial charge in [0.05, 0.1) is 13.4 Å². The maximum atomic E-state index is 10.9. The van der Waals surface area contributed by atoms with Crippen LogP contribution >= 0.6 is 22.6 Å². The molecule has 206 valence electrons. The molecule has 0 radical (unpaired) electrons. The van der Waals surface area contributed by atoms with Crippen molar-refractivity contribution in [1.82, 2.24) is 39.7 Å². The van der Waals surface area contributed by atoms with Crippen molar-refractivity contribution in [3.05, 3.63) is 45.6 Å². The van der Waals surface area contributed by atoms with Gasteiger partial charge in [0, 0.05) is 22.2 Å². The molecular weight excluding hydrogens is 617 g/mol. The van der Waals surface area contributed by atoms with E-state index in [4.69, 9.17) is 20.4 Å². The molecule has 1 aliphatic carbocycles. The van der Waals surface area contributed by atoms with Crippen LogP contribution in [0.3, 0.4) is 0 Å². The van der Waals surface area contributed by atoms with Crippen molar-refractivity contribution in [2.75, 3.05) is 10.6 Å². The normalized spacial score (nSPS) is 27.2. The fraction of sp³-hybridized carbons (Fsp3) is 0.500. The first-order chi connectivity index (χ1) is 18.9. The van der Waals surface area contributed by atoms with Gasteiger partial charge in [-0.1, -0.05) is 12.1 Å². The van der Waals surface area contributed by atoms with Gasteiger partial charge in [0.2, 0.25) is 11.8 Å². The number of tetrazole rings is 1. The van der Waals surface area contributed by atoms with Crippen LogP contribution in [0.25, 0.3) is 11.2 Å². The maximum Gasteiger partial charge on any atom is 0.227 e. The number of hydrogen-bond donors (Lipinski definition) is 5. The molecule has 1 saturated carbocycles. The molecule has 6 rings (SSSR count). The molecule has 15 heteroatoms. The van der Waals surface area contributed by atoms with E-state index in [-0.39, 0.29) is 17.9 Å². The van der Waals surface area contributed by atoms with Crippen LogP contribution < -0.4 is 16.4 Å². The fourth-order valence-electron chi connectivity index (χ4n) is 5.08. The van der Waals surface area contributed by atoms with Crippen LogP contribution in [0.2, 0.25) is 0 Å². The molecule has 0 unspecified atom stereocenters. The minimum atomic E-state index is -1.27. The smallest absolute Gasteiger partial charge is 0.227 e. The molecule has 4 heterocycles. The quantitative estimate of drug-likeness (QED) is 0.181. The Balaban J connectivity index is 1.33. The summed E-state index contributed by atoms with van der Waals surface area (Å²) in [4.78, 5) is 15.4. The Morgan fingerprint density at radius 3 is 2.72 bits per heavy atom. The Bertz CT molecular complexity index is 1450. The highest BCUT2D eigenvalue weighted by molar-refractivity contribution is 14.1. The number of imidazole rings is 1. The van der Waals surface area contributed by atoms with E-state index in [1.165, 1.54) is 11.1 Å². The lowest BCUT2D eigenvalue weighted by Gasteiger charge is -2.27. The summed E-state index contributed by atoms with van der Waals surface area (Å²) >= 11 is 2.29. The molecule has 39 heavy (non-hydrogen) atoms. The maximum absolute atomic E-state index is 10.9. The van der Waals surface area contributed by atoms with Gasteiger partial charge in [0.25, 0.3) is 0 Å². The van der Waals surface area contributed by atoms with Crippen molar-refractivity contribution < 1.29 is 14.9 Å². The molecule has 0 bridgehead atoms. The third-order valence-electron chi connectivity index (χ3n) is 7.17. The SMILES string of the molecule is Cn1nnc([C@H]2O[C@@H](n3cnc4c(NCc5cccc(I)c5)nc(N[C@H]5CC[C@H](N)CC5)nc43)[C@H](O)[C@@H]2O)n1. The lowest BCUT2D eigenvalue weighted by atomic mass is 9.92. The van der Waals surface area contributed by atoms with Crippen LogP contribution in [0, 0.1) is 3.57 Å². The Kier molecular flexibility index (Phi) is 7.32. The summed E-state index contributed by atoms with van der Waals surface area (Å²) in [5, 5.41) is 40.4. The zero-order valence-corrected chi connectivity index (χ0v) is 23.4. The van der Waals surface area contributed by atoms with Gasteiger partial charge < -0.3 is 31.3 Å². The van der Waals surface area contributed by atoms with Crippen molar-refractivity contribution >= 4 is 45.5 Å². The summed E-state index contributed by atoms with van der Waals surface area (Å²) < 4.78 is 8.80. The number of halogens is 1. The van der Waals surface area contributed by atoms with Gasteiger partial charge in [0.1, 0.15) is 12.2 Å². The number of benzene rings is 1. The van der Waals surface area contributed by atoms with E-state index in [0.29, 0.717) is 29.5 Å². The zero-order chi connectivity index (χ0) is 27.1. The van der Waals surface area contributed by atoms with Crippen LogP contribution in [0.1, 0.15) is 49.4 Å². The van der Waals surface area contributed by atoms with E-state index >= 15 is 0 Å². The Morgan fingerprint density at radius 2 is 1.97 bits per heavy atom. The van der Waals surface area contributed by atoms with Crippen molar-refractivity contribution in [3.63, 3.8) is 0 Å². The number of ether oxygens (including phenoxy) is 1. The number of nitrogens with zero attached hydrogens (tertiary/aromatic N) is 8. The second kappa shape index (κ2) is 10.9. The van der Waals surface area contributed by atoms with Crippen molar-refractivity contribution in [2.24, 2.45) is 12.8 Å². The van der Waals surface area contributed by atoms with Crippen LogP contribution in [-0.2, 0) is 18.3 Å². The molecule has 0 amide bonds. The van der Waals surface area contributed by atoms with Gasteiger partial charge in [-0.2, -0.15) is 14.8 Å². The molecule has 2 fully saturated rings. The molecule has 4 aromatic rings. The molecule has 6 N–H and O–H groups in total. The largest absolute Gasteiger partial charge is 0.387 e. The van der Waals surface area contributed by atoms with E-state index in [2.05, 4.69) is 59.7 Å². The number of aromatic nitrogens is 8. The number of rotatable bonds is 7. The minimum Gasteiger partial charge on any atom is -0.387 e. The monoisotopic (exact) mass is 647 g/mol. The Labute approximate surface area is 237 Å². The van der Waals surface area contributed by atoms with Crippen LogP contribution in [-0.4, -0.2) is 74.2 Å². The van der Waals surface area contributed by atoms with Crippen LogP contribution in [0.15, 0.2) is 30.6 Å². The first kappa shape index (κ1) is 26.2. The summed E-state index contributed by atoms with van der Waals surface area (Å²) in [6.07, 6.45) is 0.795. The number of aryl methyl sites for hydroxylation is 1. The molecule has 3 aromatic heterocycles. The number of nitrogens with one attached hydrogen (secondary N) is 2. The zero-order valence-electron chi connectivity index (χ0n) is 21.2. The number of fused-ring (bicyclic) bond motifs is 1. The van der Waals surface area contributed by atoms with E-state index in [1.807, 2.05) is 18.2 Å². The number of hydrogen-bond acceptors (Lipinski definition) is 12. The van der Waals surface area contributed by atoms with Gasteiger partial charge in [0.15, 0.2) is 29.3 Å². The molecule has 14 nitrogen and oxygen atoms in total. The molecule has 1 aromatic carbocycles. The molecule has 1 saturated heterocycles. The summed E-state index contributed by atoms with van der Waals surface area (Å²) in [6.45, 7) is 0.537. The standard InChI is InChI=1S/C24H30IN11O3/c1-35-33-21(32-34-35)19-17(37)18(38)23(39-19)36-11-28-16-20(27-10-12-3-2-4-13(25)9-12)30-24(31-22(16)36)29-15-7-5-14(26)6-8-15/h2-4,9,11,14-15,17-19,23,37-38H,5-8,10,26H2,1H3,(H2,27,29,30,31)/t14-,15-,17-,18+,19-,23+/m0/s1. The molecule has 4 atom stereocenters. The van der Waals surface area contributed by atoms with Crippen molar-refractivity contribution in [1.29, 1.82) is 0 Å². The van der Waals surface area contributed by atoms with E-state index in [0.717, 1.165) is 34.8 Å². The Hall–Kier alpha value is -2.99. The first-order valence-electron chi connectivity index (χ1n) is 12.9. The van der Waals surface area contributed by atoms with Gasteiger partial charge in [-0.3, -0.25) is 4.57 Å². The van der Waals surface area contributed by atoms with E-state index in [9.17, 15) is 10.2 Å². The fourth-order valence-corrected chi connectivity index (χ4v) is 5.69. The molecule has 0 spiro atoms. The van der Waals surface area contributed by atoms with Crippen LogP contribution in [0.5, 0.6) is 0 Å². The molecule has 1 aliphatic heterocycles. The van der Waals surface area contributed by atoms with E-state index < -0.39 is 24.5 Å². The highest BCUT2D eigenvalue weighted by Gasteiger charge is 2.47. The minimum absolute atomic E-state index is 0.184. The van der Waals surface area contributed by atoms with Gasteiger partial charge in [-0.25, -0.2) is 4.98 Å². The van der Waals surface area contributed by atoms with Crippen molar-refractivity contribution in [2.45, 2.75) is 68.9 Å². The summed E-state index contributed by atoms with van der Waals surface area (Å²) in [7, 11) is 1.62. The number of aliphatic hydroxyl groups excluding tert-OH is 2. The topological polar surface area (TPSA) is 187 Å². The summed E-state index contributed by atoms with van der Waals surface area (Å²) in [5.74, 6) is 1.17. The third kappa shape index (κ3) is 5.41. The summed E-state index contributed by atoms with van der Waals surface area (Å²) in [5.41, 5.74) is 8.16. The highest BCUT2D eigenvalue weighted by Crippen LogP contribution is 2.39. The predicted octanol–water partition coefficient (Wildman–Crippen LogP) is 1.24. The summed E-state index contributed by atoms with van der Waals surface area (Å²) in [6, 6.07) is 8.61.